The number of anilines is 1. The minimum Gasteiger partial charge on any atom is -0.462 e. The van der Waals surface area contributed by atoms with Crippen molar-refractivity contribution in [2.75, 3.05) is 23.8 Å². The van der Waals surface area contributed by atoms with Crippen LogP contribution >= 0.6 is 11.3 Å². The fraction of sp³-hybridized carbons (Fsp3) is 0.538. The second-order valence-electron chi connectivity index (χ2n) is 5.08. The molecule has 122 valence electrons. The molecule has 0 aromatic carbocycles. The number of amides is 1. The van der Waals surface area contributed by atoms with Gasteiger partial charge in [-0.25, -0.2) is 4.79 Å². The van der Waals surface area contributed by atoms with E-state index < -0.39 is 27.9 Å². The molecule has 9 heteroatoms. The zero-order valence-corrected chi connectivity index (χ0v) is 13.8. The van der Waals surface area contributed by atoms with Gasteiger partial charge >= 0.3 is 16.2 Å². The standard InChI is InChI=1S/C13H16FNO5S2/c1-3-20-13(17)10-4-8(2)21-12(10)15-6-9(5-11(15)16)7-22(14,18)19/h4,9H,3,5-7H2,1-2H3. The highest BCUT2D eigenvalue weighted by atomic mass is 32.3. The van der Waals surface area contributed by atoms with Gasteiger partial charge in [0, 0.05) is 23.8 Å². The SMILES string of the molecule is CCOC(=O)c1cc(C)sc1N1CC(CS(=O)(=O)F)CC1=O. The van der Waals surface area contributed by atoms with Crippen molar-refractivity contribution in [2.24, 2.45) is 5.92 Å². The monoisotopic (exact) mass is 349 g/mol. The maximum absolute atomic E-state index is 12.8. The molecule has 1 amide bonds. The number of thiophene rings is 1. The van der Waals surface area contributed by atoms with E-state index in [1.807, 2.05) is 0 Å². The van der Waals surface area contributed by atoms with Gasteiger partial charge in [0.25, 0.3) is 0 Å². The number of halogens is 1. The fourth-order valence-corrected chi connectivity index (χ4v) is 4.24. The Morgan fingerprint density at radius 2 is 2.23 bits per heavy atom. The molecule has 0 saturated carbocycles. The minimum absolute atomic E-state index is 0.0532. The van der Waals surface area contributed by atoms with Crippen molar-refractivity contribution < 1.29 is 26.6 Å². The molecule has 1 unspecified atom stereocenters. The normalized spacial score (nSPS) is 18.8. The zero-order valence-electron chi connectivity index (χ0n) is 12.2. The maximum atomic E-state index is 12.8. The van der Waals surface area contributed by atoms with Crippen LogP contribution in [0.25, 0.3) is 0 Å². The van der Waals surface area contributed by atoms with Crippen molar-refractivity contribution >= 4 is 38.4 Å². The molecular formula is C13H16FNO5S2. The lowest BCUT2D eigenvalue weighted by molar-refractivity contribution is -0.117. The molecule has 6 nitrogen and oxygen atoms in total. The Morgan fingerprint density at radius 1 is 1.55 bits per heavy atom. The highest BCUT2D eigenvalue weighted by Gasteiger charge is 2.36. The van der Waals surface area contributed by atoms with Gasteiger partial charge in [-0.2, -0.15) is 8.42 Å². The van der Waals surface area contributed by atoms with Crippen molar-refractivity contribution in [3.05, 3.63) is 16.5 Å². The number of rotatable bonds is 5. The summed E-state index contributed by atoms with van der Waals surface area (Å²) in [5.74, 6) is -2.15. The predicted octanol–water partition coefficient (Wildman–Crippen LogP) is 1.89. The number of hydrogen-bond donors (Lipinski definition) is 0. The Morgan fingerprint density at radius 3 is 2.82 bits per heavy atom. The first-order valence-corrected chi connectivity index (χ1v) is 9.08. The summed E-state index contributed by atoms with van der Waals surface area (Å²) in [7, 11) is -4.63. The van der Waals surface area contributed by atoms with Gasteiger partial charge in [0.15, 0.2) is 0 Å². The molecule has 1 aromatic rings. The van der Waals surface area contributed by atoms with Crippen LogP contribution in [0, 0.1) is 12.8 Å². The minimum atomic E-state index is -4.63. The Bertz CT molecular complexity index is 697. The Balaban J connectivity index is 2.25. The van der Waals surface area contributed by atoms with Gasteiger partial charge in [-0.1, -0.05) is 0 Å². The van der Waals surface area contributed by atoms with Crippen LogP contribution in [-0.4, -0.2) is 39.2 Å². The third-order valence-corrected chi connectivity index (χ3v) is 5.16. The molecule has 1 aliphatic heterocycles. The summed E-state index contributed by atoms with van der Waals surface area (Å²) < 4.78 is 39.2. The molecule has 1 saturated heterocycles. The Labute approximate surface area is 132 Å². The van der Waals surface area contributed by atoms with Crippen LogP contribution in [0.1, 0.15) is 28.6 Å². The molecule has 2 rings (SSSR count). The molecule has 1 aromatic heterocycles. The van der Waals surface area contributed by atoms with Crippen molar-refractivity contribution in [1.29, 1.82) is 0 Å². The zero-order chi connectivity index (χ0) is 16.5. The summed E-state index contributed by atoms with van der Waals surface area (Å²) in [6.45, 7) is 3.76. The van der Waals surface area contributed by atoms with E-state index in [2.05, 4.69) is 0 Å². The number of nitrogens with zero attached hydrogens (tertiary/aromatic N) is 1. The third-order valence-electron chi connectivity index (χ3n) is 3.22. The van der Waals surface area contributed by atoms with E-state index in [0.717, 1.165) is 4.88 Å². The smallest absolute Gasteiger partial charge is 0.341 e. The highest BCUT2D eigenvalue weighted by molar-refractivity contribution is 7.86. The topological polar surface area (TPSA) is 80.8 Å². The lowest BCUT2D eigenvalue weighted by Crippen LogP contribution is -2.26. The molecule has 1 atom stereocenters. The van der Waals surface area contributed by atoms with E-state index in [9.17, 15) is 21.9 Å². The third kappa shape index (κ3) is 3.83. The molecule has 0 N–H and O–H groups in total. The van der Waals surface area contributed by atoms with Crippen molar-refractivity contribution in [2.45, 2.75) is 20.3 Å². The van der Waals surface area contributed by atoms with Gasteiger partial charge < -0.3 is 9.64 Å². The quantitative estimate of drug-likeness (QED) is 0.599. The second kappa shape index (κ2) is 6.33. The maximum Gasteiger partial charge on any atom is 0.341 e. The number of esters is 1. The van der Waals surface area contributed by atoms with Crippen LogP contribution in [0.5, 0.6) is 0 Å². The van der Waals surface area contributed by atoms with Crippen LogP contribution < -0.4 is 4.90 Å². The molecule has 0 aliphatic carbocycles. The van der Waals surface area contributed by atoms with E-state index in [0.29, 0.717) is 5.00 Å². The lowest BCUT2D eigenvalue weighted by Gasteiger charge is -2.16. The highest BCUT2D eigenvalue weighted by Crippen LogP contribution is 2.36. The average Bonchev–Trinajstić information content (AvgIpc) is 2.90. The van der Waals surface area contributed by atoms with Crippen molar-refractivity contribution in [3.63, 3.8) is 0 Å². The molecule has 0 radical (unpaired) electrons. The van der Waals surface area contributed by atoms with Crippen LogP contribution in [0.2, 0.25) is 0 Å². The van der Waals surface area contributed by atoms with E-state index in [-0.39, 0.29) is 31.0 Å². The predicted molar refractivity (Wildman–Crippen MR) is 80.4 cm³/mol. The molecular weight excluding hydrogens is 333 g/mol. The van der Waals surface area contributed by atoms with Crippen LogP contribution in [0.15, 0.2) is 6.07 Å². The van der Waals surface area contributed by atoms with Crippen LogP contribution in [0.4, 0.5) is 8.89 Å². The van der Waals surface area contributed by atoms with Crippen molar-refractivity contribution in [1.82, 2.24) is 0 Å². The van der Waals surface area contributed by atoms with Gasteiger partial charge in [-0.05, 0) is 19.9 Å². The summed E-state index contributed by atoms with van der Waals surface area (Å²) in [6.07, 6.45) is -0.0532. The van der Waals surface area contributed by atoms with E-state index in [4.69, 9.17) is 4.74 Å². The summed E-state index contributed by atoms with van der Waals surface area (Å²) in [5.41, 5.74) is 0.279. The molecule has 22 heavy (non-hydrogen) atoms. The number of carbonyl (C=O) groups is 2. The van der Waals surface area contributed by atoms with Crippen LogP contribution in [0.3, 0.4) is 0 Å². The second-order valence-corrected chi connectivity index (χ2v) is 7.72. The number of carbonyl (C=O) groups excluding carboxylic acids is 2. The van der Waals surface area contributed by atoms with Crippen molar-refractivity contribution in [3.8, 4) is 0 Å². The first-order chi connectivity index (χ1) is 10.2. The van der Waals surface area contributed by atoms with Gasteiger partial charge in [0.2, 0.25) is 5.91 Å². The van der Waals surface area contributed by atoms with Gasteiger partial charge in [0.05, 0.1) is 17.9 Å². The molecule has 1 fully saturated rings. The summed E-state index contributed by atoms with van der Waals surface area (Å²) in [5, 5.41) is 0.430. The first-order valence-electron chi connectivity index (χ1n) is 6.71. The summed E-state index contributed by atoms with van der Waals surface area (Å²) in [6, 6.07) is 1.63. The van der Waals surface area contributed by atoms with Gasteiger partial charge in [-0.15, -0.1) is 15.2 Å². The van der Waals surface area contributed by atoms with E-state index in [1.165, 1.54) is 16.2 Å². The number of hydrogen-bond acceptors (Lipinski definition) is 6. The lowest BCUT2D eigenvalue weighted by atomic mass is 10.1. The average molecular weight is 349 g/mol. The summed E-state index contributed by atoms with van der Waals surface area (Å²) >= 11 is 1.25. The van der Waals surface area contributed by atoms with E-state index in [1.54, 1.807) is 19.9 Å². The molecule has 0 spiro atoms. The van der Waals surface area contributed by atoms with Gasteiger partial charge in [-0.3, -0.25) is 4.79 Å². The molecule has 2 heterocycles. The van der Waals surface area contributed by atoms with Gasteiger partial charge in [0.1, 0.15) is 5.00 Å². The largest absolute Gasteiger partial charge is 0.462 e. The molecule has 1 aliphatic rings. The fourth-order valence-electron chi connectivity index (χ4n) is 2.43. The summed E-state index contributed by atoms with van der Waals surface area (Å²) in [4.78, 5) is 26.2. The molecule has 0 bridgehead atoms. The number of aryl methyl sites for hydroxylation is 1. The Kier molecular flexibility index (Phi) is 4.86. The Hall–Kier alpha value is -1.48. The van der Waals surface area contributed by atoms with E-state index >= 15 is 0 Å². The first kappa shape index (κ1) is 16.9. The number of ether oxygens (including phenoxy) is 1. The van der Waals surface area contributed by atoms with Crippen LogP contribution in [-0.2, 0) is 19.8 Å².